The molecule has 0 spiro atoms. The number of carbonyl (C=O) groups is 2. The normalized spacial score (nSPS) is 15.3. The lowest BCUT2D eigenvalue weighted by atomic mass is 9.86. The highest BCUT2D eigenvalue weighted by Crippen LogP contribution is 2.44. The van der Waals surface area contributed by atoms with Crippen molar-refractivity contribution in [3.63, 3.8) is 0 Å². The molecule has 0 bridgehead atoms. The molecule has 1 aliphatic heterocycles. The fourth-order valence-corrected chi connectivity index (χ4v) is 4.41. The van der Waals surface area contributed by atoms with E-state index in [-0.39, 0.29) is 17.4 Å². The van der Waals surface area contributed by atoms with Crippen LogP contribution >= 0.6 is 0 Å². The molecule has 0 radical (unpaired) electrons. The zero-order chi connectivity index (χ0) is 24.1. The van der Waals surface area contributed by atoms with Crippen molar-refractivity contribution in [3.05, 3.63) is 53.1 Å². The second kappa shape index (κ2) is 7.90. The Kier molecular flexibility index (Phi) is 5.46. The van der Waals surface area contributed by atoms with E-state index < -0.39 is 28.6 Å². The number of hydrogen-bond acceptors (Lipinski definition) is 4. The number of unbranched alkanes of at least 4 members (excludes halogenated alkanes) is 2. The molecule has 0 saturated carbocycles. The Labute approximate surface area is 189 Å². The number of nitrogens with zero attached hydrogens (tertiary/aromatic N) is 3. The summed E-state index contributed by atoms with van der Waals surface area (Å²) in [7, 11) is 0. The van der Waals surface area contributed by atoms with Crippen molar-refractivity contribution in [2.75, 3.05) is 17.2 Å². The third kappa shape index (κ3) is 3.65. The second-order valence-corrected chi connectivity index (χ2v) is 8.80. The monoisotopic (exact) mass is 458 g/mol. The SMILES string of the molecule is CCCCCN1C(=O)C(C)(C)c2cc3c(cc21)nc(N)n3C(=O)c1ccccc1C(F)(F)F. The molecule has 0 fully saturated rings. The summed E-state index contributed by atoms with van der Waals surface area (Å²) < 4.78 is 41.5. The van der Waals surface area contributed by atoms with Crippen molar-refractivity contribution in [3.8, 4) is 0 Å². The number of aromatic nitrogens is 2. The third-order valence-corrected chi connectivity index (χ3v) is 6.19. The fourth-order valence-electron chi connectivity index (χ4n) is 4.41. The number of nitrogen functional groups attached to an aromatic ring is 1. The van der Waals surface area contributed by atoms with Crippen LogP contribution in [0, 0.1) is 0 Å². The predicted octanol–water partition coefficient (Wildman–Crippen LogP) is 5.14. The highest BCUT2D eigenvalue weighted by atomic mass is 19.4. The van der Waals surface area contributed by atoms with Crippen molar-refractivity contribution in [2.45, 2.75) is 51.6 Å². The zero-order valence-corrected chi connectivity index (χ0v) is 18.7. The van der Waals surface area contributed by atoms with Crippen molar-refractivity contribution in [1.29, 1.82) is 0 Å². The summed E-state index contributed by atoms with van der Waals surface area (Å²) in [6.07, 6.45) is -1.86. The Morgan fingerprint density at radius 1 is 1.15 bits per heavy atom. The number of fused-ring (bicyclic) bond motifs is 2. The molecular weight excluding hydrogens is 433 g/mol. The Morgan fingerprint density at radius 3 is 2.52 bits per heavy atom. The van der Waals surface area contributed by atoms with Gasteiger partial charge in [-0.05, 0) is 50.1 Å². The minimum atomic E-state index is -4.70. The van der Waals surface area contributed by atoms with Crippen LogP contribution in [0.2, 0.25) is 0 Å². The van der Waals surface area contributed by atoms with Crippen LogP contribution < -0.4 is 10.6 Å². The number of carbonyl (C=O) groups excluding carboxylic acids is 2. The molecule has 3 aromatic rings. The number of benzene rings is 2. The largest absolute Gasteiger partial charge is 0.417 e. The molecule has 2 N–H and O–H groups in total. The summed E-state index contributed by atoms with van der Waals surface area (Å²) in [4.78, 5) is 32.3. The van der Waals surface area contributed by atoms with Gasteiger partial charge < -0.3 is 10.6 Å². The quantitative estimate of drug-likeness (QED) is 0.537. The van der Waals surface area contributed by atoms with Gasteiger partial charge in [-0.1, -0.05) is 31.9 Å². The van der Waals surface area contributed by atoms with E-state index in [4.69, 9.17) is 5.73 Å². The average molecular weight is 458 g/mol. The van der Waals surface area contributed by atoms with E-state index in [1.54, 1.807) is 30.9 Å². The molecule has 174 valence electrons. The summed E-state index contributed by atoms with van der Waals surface area (Å²) in [5.41, 5.74) is 5.58. The number of amides is 1. The average Bonchev–Trinajstić information content (AvgIpc) is 3.17. The van der Waals surface area contributed by atoms with Crippen LogP contribution in [0.3, 0.4) is 0 Å². The van der Waals surface area contributed by atoms with Gasteiger partial charge in [0.05, 0.1) is 33.3 Å². The van der Waals surface area contributed by atoms with Gasteiger partial charge in [0.2, 0.25) is 11.9 Å². The molecule has 1 aromatic heterocycles. The van der Waals surface area contributed by atoms with E-state index in [1.807, 2.05) is 0 Å². The van der Waals surface area contributed by atoms with Gasteiger partial charge in [0.15, 0.2) is 0 Å². The molecule has 0 saturated heterocycles. The molecule has 0 atom stereocenters. The molecule has 0 unspecified atom stereocenters. The van der Waals surface area contributed by atoms with Gasteiger partial charge in [0, 0.05) is 6.54 Å². The molecule has 4 rings (SSSR count). The van der Waals surface area contributed by atoms with Gasteiger partial charge >= 0.3 is 6.18 Å². The molecule has 1 aliphatic rings. The standard InChI is InChI=1S/C24H25F3N4O2/c1-4-5-8-11-30-18-13-17-19(12-16(18)23(2,3)21(30)33)31(22(28)29-17)20(32)14-9-6-7-10-15(14)24(25,26)27/h6-7,9-10,12-13H,4-5,8,11H2,1-3H3,(H2,28,29). The molecular formula is C24H25F3N4O2. The second-order valence-electron chi connectivity index (χ2n) is 8.80. The highest BCUT2D eigenvalue weighted by molar-refractivity contribution is 6.11. The van der Waals surface area contributed by atoms with Crippen LogP contribution in [0.4, 0.5) is 24.8 Å². The first-order chi connectivity index (χ1) is 15.5. The highest BCUT2D eigenvalue weighted by Gasteiger charge is 2.44. The maximum Gasteiger partial charge on any atom is 0.417 e. The first kappa shape index (κ1) is 22.8. The van der Waals surface area contributed by atoms with Gasteiger partial charge in [-0.25, -0.2) is 9.55 Å². The van der Waals surface area contributed by atoms with Crippen LogP contribution in [0.15, 0.2) is 36.4 Å². The number of halogens is 3. The van der Waals surface area contributed by atoms with Gasteiger partial charge in [-0.3, -0.25) is 9.59 Å². The Bertz CT molecular complexity index is 1260. The van der Waals surface area contributed by atoms with Crippen molar-refractivity contribution >= 4 is 34.5 Å². The Morgan fingerprint density at radius 2 is 1.85 bits per heavy atom. The Balaban J connectivity index is 1.86. The van der Waals surface area contributed by atoms with Crippen molar-refractivity contribution < 1.29 is 22.8 Å². The van der Waals surface area contributed by atoms with Crippen LogP contribution in [-0.2, 0) is 16.4 Å². The lowest BCUT2D eigenvalue weighted by molar-refractivity contribution is -0.138. The first-order valence-corrected chi connectivity index (χ1v) is 10.8. The maximum atomic E-state index is 13.5. The minimum absolute atomic E-state index is 0.0606. The van der Waals surface area contributed by atoms with E-state index in [9.17, 15) is 22.8 Å². The molecule has 2 heterocycles. The van der Waals surface area contributed by atoms with Crippen LogP contribution in [-0.4, -0.2) is 27.9 Å². The lowest BCUT2D eigenvalue weighted by Gasteiger charge is -2.20. The molecule has 6 nitrogen and oxygen atoms in total. The molecule has 2 aromatic carbocycles. The van der Waals surface area contributed by atoms with E-state index in [0.29, 0.717) is 23.3 Å². The number of imidazole rings is 1. The zero-order valence-electron chi connectivity index (χ0n) is 18.7. The van der Waals surface area contributed by atoms with E-state index in [0.717, 1.165) is 36.0 Å². The Hall–Kier alpha value is -3.36. The summed E-state index contributed by atoms with van der Waals surface area (Å²) in [5.74, 6) is -1.20. The van der Waals surface area contributed by atoms with Crippen LogP contribution in [0.5, 0.6) is 0 Å². The topological polar surface area (TPSA) is 81.2 Å². The van der Waals surface area contributed by atoms with Crippen molar-refractivity contribution in [1.82, 2.24) is 9.55 Å². The number of rotatable bonds is 5. The predicted molar refractivity (Wildman–Crippen MR) is 120 cm³/mol. The number of anilines is 2. The van der Waals surface area contributed by atoms with Gasteiger partial charge in [-0.2, -0.15) is 13.2 Å². The maximum absolute atomic E-state index is 13.5. The number of alkyl halides is 3. The number of hydrogen-bond donors (Lipinski definition) is 1. The third-order valence-electron chi connectivity index (χ3n) is 6.19. The van der Waals surface area contributed by atoms with Crippen LogP contribution in [0.25, 0.3) is 11.0 Å². The summed E-state index contributed by atoms with van der Waals surface area (Å²) >= 11 is 0. The summed E-state index contributed by atoms with van der Waals surface area (Å²) in [5, 5.41) is 0. The molecule has 1 amide bonds. The van der Waals surface area contributed by atoms with E-state index in [2.05, 4.69) is 11.9 Å². The molecule has 9 heteroatoms. The van der Waals surface area contributed by atoms with Crippen LogP contribution in [0.1, 0.15) is 61.5 Å². The lowest BCUT2D eigenvalue weighted by Crippen LogP contribution is -2.36. The summed E-state index contributed by atoms with van der Waals surface area (Å²) in [6, 6.07) is 7.91. The summed E-state index contributed by atoms with van der Waals surface area (Å²) in [6.45, 7) is 6.23. The number of nitrogens with two attached hydrogens (primary N) is 1. The minimum Gasteiger partial charge on any atom is -0.369 e. The van der Waals surface area contributed by atoms with Gasteiger partial charge in [0.25, 0.3) is 5.91 Å². The van der Waals surface area contributed by atoms with E-state index in [1.165, 1.54) is 12.1 Å². The molecule has 0 aliphatic carbocycles. The molecule has 33 heavy (non-hydrogen) atoms. The van der Waals surface area contributed by atoms with Gasteiger partial charge in [0.1, 0.15) is 0 Å². The van der Waals surface area contributed by atoms with E-state index >= 15 is 0 Å². The van der Waals surface area contributed by atoms with Gasteiger partial charge in [-0.15, -0.1) is 0 Å². The smallest absolute Gasteiger partial charge is 0.369 e. The van der Waals surface area contributed by atoms with Crippen molar-refractivity contribution in [2.24, 2.45) is 0 Å². The first-order valence-electron chi connectivity index (χ1n) is 10.8. The fraction of sp³-hybridized carbons (Fsp3) is 0.375.